The van der Waals surface area contributed by atoms with Gasteiger partial charge in [0.05, 0.1) is 5.75 Å². The van der Waals surface area contributed by atoms with Crippen LogP contribution in [-0.2, 0) is 9.84 Å². The second-order valence-corrected chi connectivity index (χ2v) is 9.47. The Balaban J connectivity index is 2.00. The smallest absolute Gasteiger partial charge is 0.173 e. The SMILES string of the molecule is CC1(C)CC(NC2C=CS(=O)(=O)C2)CC(C)(C)C1. The molecule has 0 bridgehead atoms. The highest BCUT2D eigenvalue weighted by Gasteiger charge is 2.39. The molecule has 2 rings (SSSR count). The minimum atomic E-state index is -2.95. The van der Waals surface area contributed by atoms with Gasteiger partial charge in [-0.3, -0.25) is 0 Å². The van der Waals surface area contributed by atoms with Crippen molar-refractivity contribution in [3.63, 3.8) is 0 Å². The van der Waals surface area contributed by atoms with Gasteiger partial charge in [-0.05, 0) is 30.1 Å². The summed E-state index contributed by atoms with van der Waals surface area (Å²) in [5, 5.41) is 4.87. The largest absolute Gasteiger partial charge is 0.307 e. The summed E-state index contributed by atoms with van der Waals surface area (Å²) < 4.78 is 22.8. The first-order valence-electron chi connectivity index (χ1n) is 6.74. The van der Waals surface area contributed by atoms with Gasteiger partial charge in [-0.25, -0.2) is 8.42 Å². The molecule has 1 fully saturated rings. The van der Waals surface area contributed by atoms with Crippen molar-refractivity contribution < 1.29 is 8.42 Å². The van der Waals surface area contributed by atoms with Crippen LogP contribution in [0, 0.1) is 10.8 Å². The highest BCUT2D eigenvalue weighted by molar-refractivity contribution is 7.94. The maximum Gasteiger partial charge on any atom is 0.173 e. The predicted molar refractivity (Wildman–Crippen MR) is 75.1 cm³/mol. The fraction of sp³-hybridized carbons (Fsp3) is 0.857. The van der Waals surface area contributed by atoms with Crippen LogP contribution < -0.4 is 5.32 Å². The van der Waals surface area contributed by atoms with Gasteiger partial charge in [0.25, 0.3) is 0 Å². The standard InChI is InChI=1S/C14H25NO2S/c1-13(2)7-12(8-14(3,4)10-13)15-11-5-6-18(16,17)9-11/h5-6,11-12,15H,7-10H2,1-4H3. The first kappa shape index (κ1) is 14.1. The summed E-state index contributed by atoms with van der Waals surface area (Å²) in [6.45, 7) is 9.24. The molecule has 2 aliphatic rings. The Bertz CT molecular complexity index is 432. The molecule has 0 aromatic carbocycles. The fourth-order valence-corrected chi connectivity index (χ4v) is 5.19. The second-order valence-electron chi connectivity index (χ2n) is 7.54. The lowest BCUT2D eigenvalue weighted by Crippen LogP contribution is -2.47. The van der Waals surface area contributed by atoms with Gasteiger partial charge in [0, 0.05) is 17.5 Å². The van der Waals surface area contributed by atoms with Crippen LogP contribution in [0.2, 0.25) is 0 Å². The third-order valence-electron chi connectivity index (χ3n) is 3.93. The summed E-state index contributed by atoms with van der Waals surface area (Å²) in [6.07, 6.45) is 5.28. The van der Waals surface area contributed by atoms with Crippen molar-refractivity contribution in [3.05, 3.63) is 11.5 Å². The predicted octanol–water partition coefficient (Wildman–Crippen LogP) is 2.49. The van der Waals surface area contributed by atoms with Gasteiger partial charge in [0.15, 0.2) is 9.84 Å². The average molecular weight is 271 g/mol. The zero-order valence-electron chi connectivity index (χ0n) is 11.9. The molecule has 1 N–H and O–H groups in total. The van der Waals surface area contributed by atoms with Crippen LogP contribution in [0.5, 0.6) is 0 Å². The molecular formula is C14H25NO2S. The fourth-order valence-electron chi connectivity index (χ4n) is 3.95. The third-order valence-corrected chi connectivity index (χ3v) is 5.33. The lowest BCUT2D eigenvalue weighted by molar-refractivity contribution is 0.0834. The molecule has 104 valence electrons. The Kier molecular flexibility index (Phi) is 3.39. The van der Waals surface area contributed by atoms with Crippen molar-refractivity contribution in [1.82, 2.24) is 5.32 Å². The van der Waals surface area contributed by atoms with Gasteiger partial charge in [-0.15, -0.1) is 0 Å². The topological polar surface area (TPSA) is 46.2 Å². The maximum absolute atomic E-state index is 11.4. The number of hydrogen-bond donors (Lipinski definition) is 1. The Morgan fingerprint density at radius 1 is 1.11 bits per heavy atom. The first-order chi connectivity index (χ1) is 8.07. The summed E-state index contributed by atoms with van der Waals surface area (Å²) in [7, 11) is -2.95. The molecule has 0 aromatic rings. The zero-order chi connectivity index (χ0) is 13.6. The van der Waals surface area contributed by atoms with Crippen LogP contribution in [0.25, 0.3) is 0 Å². The van der Waals surface area contributed by atoms with Crippen LogP contribution in [0.1, 0.15) is 47.0 Å². The molecule has 1 aliphatic carbocycles. The summed E-state index contributed by atoms with van der Waals surface area (Å²) in [5.41, 5.74) is 0.668. The van der Waals surface area contributed by atoms with Crippen LogP contribution in [0.4, 0.5) is 0 Å². The number of hydrogen-bond acceptors (Lipinski definition) is 3. The molecule has 4 heteroatoms. The van der Waals surface area contributed by atoms with E-state index in [2.05, 4.69) is 33.0 Å². The Morgan fingerprint density at radius 2 is 1.67 bits per heavy atom. The quantitative estimate of drug-likeness (QED) is 0.839. The molecule has 1 unspecified atom stereocenters. The van der Waals surface area contributed by atoms with E-state index in [1.54, 1.807) is 6.08 Å². The normalized spacial score (nSPS) is 33.7. The second kappa shape index (κ2) is 4.34. The Morgan fingerprint density at radius 3 is 2.11 bits per heavy atom. The van der Waals surface area contributed by atoms with Gasteiger partial charge >= 0.3 is 0 Å². The van der Waals surface area contributed by atoms with Crippen molar-refractivity contribution >= 4 is 9.84 Å². The number of rotatable bonds is 2. The molecule has 1 aliphatic heterocycles. The highest BCUT2D eigenvalue weighted by Crippen LogP contribution is 2.45. The highest BCUT2D eigenvalue weighted by atomic mass is 32.2. The summed E-state index contributed by atoms with van der Waals surface area (Å²) >= 11 is 0. The molecule has 0 aromatic heterocycles. The Hall–Kier alpha value is -0.350. The van der Waals surface area contributed by atoms with E-state index in [4.69, 9.17) is 0 Å². The molecule has 1 saturated carbocycles. The van der Waals surface area contributed by atoms with Crippen molar-refractivity contribution in [2.24, 2.45) is 10.8 Å². The molecule has 0 spiro atoms. The molecular weight excluding hydrogens is 246 g/mol. The lowest BCUT2D eigenvalue weighted by atomic mass is 9.63. The number of sulfone groups is 1. The van der Waals surface area contributed by atoms with E-state index in [0.717, 1.165) is 12.8 Å². The summed E-state index contributed by atoms with van der Waals surface area (Å²) in [6, 6.07) is 0.427. The van der Waals surface area contributed by atoms with E-state index in [1.807, 2.05) is 0 Å². The molecule has 0 amide bonds. The van der Waals surface area contributed by atoms with Gasteiger partial charge in [0.1, 0.15) is 0 Å². The minimum absolute atomic E-state index is 0.00435. The van der Waals surface area contributed by atoms with Crippen LogP contribution in [0.3, 0.4) is 0 Å². The monoisotopic (exact) mass is 271 g/mol. The van der Waals surface area contributed by atoms with Gasteiger partial charge in [0.2, 0.25) is 0 Å². The third kappa shape index (κ3) is 3.58. The van der Waals surface area contributed by atoms with Crippen molar-refractivity contribution in [1.29, 1.82) is 0 Å². The van der Waals surface area contributed by atoms with E-state index in [0.29, 0.717) is 16.9 Å². The van der Waals surface area contributed by atoms with E-state index in [1.165, 1.54) is 11.8 Å². The van der Waals surface area contributed by atoms with E-state index < -0.39 is 9.84 Å². The summed E-state index contributed by atoms with van der Waals surface area (Å²) in [5.74, 6) is 0.227. The van der Waals surface area contributed by atoms with Crippen molar-refractivity contribution in [3.8, 4) is 0 Å². The number of nitrogens with one attached hydrogen (secondary N) is 1. The molecule has 18 heavy (non-hydrogen) atoms. The molecule has 1 atom stereocenters. The van der Waals surface area contributed by atoms with E-state index >= 15 is 0 Å². The minimum Gasteiger partial charge on any atom is -0.307 e. The van der Waals surface area contributed by atoms with Crippen molar-refractivity contribution in [2.75, 3.05) is 5.75 Å². The molecule has 0 saturated heterocycles. The van der Waals surface area contributed by atoms with Crippen LogP contribution >= 0.6 is 0 Å². The first-order valence-corrected chi connectivity index (χ1v) is 8.46. The Labute approximate surface area is 111 Å². The maximum atomic E-state index is 11.4. The van der Waals surface area contributed by atoms with Crippen LogP contribution in [-0.4, -0.2) is 26.3 Å². The van der Waals surface area contributed by atoms with Crippen molar-refractivity contribution in [2.45, 2.75) is 59.0 Å². The lowest BCUT2D eigenvalue weighted by Gasteiger charge is -2.45. The van der Waals surface area contributed by atoms with Gasteiger partial charge in [-0.2, -0.15) is 0 Å². The molecule has 1 heterocycles. The summed E-state index contributed by atoms with van der Waals surface area (Å²) in [4.78, 5) is 0. The van der Waals surface area contributed by atoms with Gasteiger partial charge < -0.3 is 5.32 Å². The van der Waals surface area contributed by atoms with E-state index in [-0.39, 0.29) is 11.8 Å². The van der Waals surface area contributed by atoms with Crippen LogP contribution in [0.15, 0.2) is 11.5 Å². The zero-order valence-corrected chi connectivity index (χ0v) is 12.7. The molecule has 0 radical (unpaired) electrons. The average Bonchev–Trinajstić information content (AvgIpc) is 2.38. The van der Waals surface area contributed by atoms with Gasteiger partial charge in [-0.1, -0.05) is 33.8 Å². The molecule has 3 nitrogen and oxygen atoms in total. The van der Waals surface area contributed by atoms with E-state index in [9.17, 15) is 8.42 Å².